The van der Waals surface area contributed by atoms with Gasteiger partial charge in [0.1, 0.15) is 17.5 Å². The fourth-order valence-corrected chi connectivity index (χ4v) is 2.35. The van der Waals surface area contributed by atoms with Crippen LogP contribution < -0.4 is 10.5 Å². The van der Waals surface area contributed by atoms with Crippen molar-refractivity contribution in [1.29, 1.82) is 0 Å². The Hall–Kier alpha value is -2.33. The molecule has 0 aromatic heterocycles. The van der Waals surface area contributed by atoms with E-state index in [1.165, 1.54) is 0 Å². The lowest BCUT2D eigenvalue weighted by Gasteiger charge is -2.23. The van der Waals surface area contributed by atoms with Gasteiger partial charge in [-0.3, -0.25) is 4.79 Å². The molecule has 2 aromatic rings. The molecule has 1 aliphatic rings. The van der Waals surface area contributed by atoms with E-state index in [0.717, 1.165) is 16.9 Å². The molecule has 0 saturated heterocycles. The molecule has 1 unspecified atom stereocenters. The number of carboxylic acid groups (broad SMARTS) is 1. The molecule has 0 radical (unpaired) electrons. The Balaban J connectivity index is 2.08. The van der Waals surface area contributed by atoms with Crippen LogP contribution in [0.25, 0.3) is 0 Å². The Morgan fingerprint density at radius 2 is 1.89 bits per heavy atom. The molecule has 2 aromatic carbocycles. The highest BCUT2D eigenvalue weighted by Gasteiger charge is 2.24. The van der Waals surface area contributed by atoms with Crippen LogP contribution in [-0.2, 0) is 11.2 Å². The SMILES string of the molecule is NC(C(=O)O)c1cccc2c1Cc1ccccc1O2. The maximum Gasteiger partial charge on any atom is 0.325 e. The third kappa shape index (κ3) is 1.96. The van der Waals surface area contributed by atoms with E-state index in [1.54, 1.807) is 12.1 Å². The van der Waals surface area contributed by atoms with Gasteiger partial charge < -0.3 is 15.6 Å². The number of fused-ring (bicyclic) bond motifs is 2. The molecule has 3 rings (SSSR count). The maximum atomic E-state index is 11.1. The zero-order valence-corrected chi connectivity index (χ0v) is 10.2. The van der Waals surface area contributed by atoms with Crippen molar-refractivity contribution >= 4 is 5.97 Å². The highest BCUT2D eigenvalue weighted by atomic mass is 16.5. The normalized spacial score (nSPS) is 13.9. The molecule has 0 fully saturated rings. The standard InChI is InChI=1S/C15H13NO3/c16-14(15(17)18)10-5-3-7-13-11(10)8-9-4-1-2-6-12(9)19-13/h1-7,14H,8,16H2,(H,17,18). The minimum absolute atomic E-state index is 0.611. The molecule has 3 N–H and O–H groups in total. The number of hydrogen-bond donors (Lipinski definition) is 2. The second-order valence-electron chi connectivity index (χ2n) is 4.53. The van der Waals surface area contributed by atoms with Gasteiger partial charge in [-0.25, -0.2) is 0 Å². The molecule has 0 spiro atoms. The summed E-state index contributed by atoms with van der Waals surface area (Å²) in [6, 6.07) is 12.1. The number of nitrogens with two attached hydrogens (primary N) is 1. The first-order chi connectivity index (χ1) is 9.16. The van der Waals surface area contributed by atoms with Crippen molar-refractivity contribution in [3.8, 4) is 11.5 Å². The minimum atomic E-state index is -1.03. The van der Waals surface area contributed by atoms with Crippen LogP contribution in [-0.4, -0.2) is 11.1 Å². The lowest BCUT2D eigenvalue weighted by atomic mass is 9.92. The Labute approximate surface area is 110 Å². The van der Waals surface area contributed by atoms with Gasteiger partial charge in [0.15, 0.2) is 0 Å². The number of ether oxygens (including phenoxy) is 1. The highest BCUT2D eigenvalue weighted by molar-refractivity contribution is 5.76. The fourth-order valence-electron chi connectivity index (χ4n) is 2.35. The summed E-state index contributed by atoms with van der Waals surface area (Å²) in [4.78, 5) is 11.1. The molecule has 0 saturated carbocycles. The van der Waals surface area contributed by atoms with E-state index in [4.69, 9.17) is 15.6 Å². The number of carboxylic acids is 1. The lowest BCUT2D eigenvalue weighted by molar-refractivity contribution is -0.138. The molecule has 1 atom stereocenters. The molecule has 0 aliphatic carbocycles. The van der Waals surface area contributed by atoms with Crippen LogP contribution in [0.15, 0.2) is 42.5 Å². The van der Waals surface area contributed by atoms with Crippen molar-refractivity contribution < 1.29 is 14.6 Å². The van der Waals surface area contributed by atoms with Gasteiger partial charge in [-0.05, 0) is 23.3 Å². The predicted octanol–water partition coefficient (Wildman–Crippen LogP) is 2.47. The summed E-state index contributed by atoms with van der Waals surface area (Å²) < 4.78 is 5.80. The van der Waals surface area contributed by atoms with Crippen LogP contribution in [0.3, 0.4) is 0 Å². The van der Waals surface area contributed by atoms with Crippen LogP contribution in [0.4, 0.5) is 0 Å². The van der Waals surface area contributed by atoms with E-state index in [2.05, 4.69) is 0 Å². The van der Waals surface area contributed by atoms with E-state index in [0.29, 0.717) is 17.7 Å². The van der Waals surface area contributed by atoms with Gasteiger partial charge in [0.2, 0.25) is 0 Å². The molecule has 1 aliphatic heterocycles. The molecule has 0 amide bonds. The Morgan fingerprint density at radius 3 is 2.68 bits per heavy atom. The second kappa shape index (κ2) is 4.40. The summed E-state index contributed by atoms with van der Waals surface area (Å²) in [5.74, 6) is 0.469. The molecular formula is C15H13NO3. The van der Waals surface area contributed by atoms with Gasteiger partial charge in [0.25, 0.3) is 0 Å². The van der Waals surface area contributed by atoms with Crippen LogP contribution in [0, 0.1) is 0 Å². The number of hydrogen-bond acceptors (Lipinski definition) is 3. The lowest BCUT2D eigenvalue weighted by Crippen LogP contribution is -2.23. The molecule has 0 bridgehead atoms. The van der Waals surface area contributed by atoms with E-state index in [9.17, 15) is 4.79 Å². The monoisotopic (exact) mass is 255 g/mol. The molecule has 19 heavy (non-hydrogen) atoms. The molecular weight excluding hydrogens is 242 g/mol. The van der Waals surface area contributed by atoms with Crippen molar-refractivity contribution in [2.75, 3.05) is 0 Å². The Bertz CT molecular complexity index is 652. The first kappa shape index (κ1) is 11.7. The summed E-state index contributed by atoms with van der Waals surface area (Å²) in [5.41, 5.74) is 8.24. The van der Waals surface area contributed by atoms with Crippen molar-refractivity contribution in [3.63, 3.8) is 0 Å². The van der Waals surface area contributed by atoms with Gasteiger partial charge >= 0.3 is 5.97 Å². The molecule has 1 heterocycles. The highest BCUT2D eigenvalue weighted by Crippen LogP contribution is 2.39. The van der Waals surface area contributed by atoms with Crippen LogP contribution in [0.5, 0.6) is 11.5 Å². The van der Waals surface area contributed by atoms with Gasteiger partial charge in [0, 0.05) is 12.0 Å². The van der Waals surface area contributed by atoms with Gasteiger partial charge in [-0.2, -0.15) is 0 Å². The number of aliphatic carboxylic acids is 1. The first-order valence-electron chi connectivity index (χ1n) is 6.03. The van der Waals surface area contributed by atoms with Crippen LogP contribution in [0.1, 0.15) is 22.7 Å². The number of benzene rings is 2. The first-order valence-corrected chi connectivity index (χ1v) is 6.03. The topological polar surface area (TPSA) is 72.6 Å². The average Bonchev–Trinajstić information content (AvgIpc) is 2.43. The largest absolute Gasteiger partial charge is 0.480 e. The molecule has 96 valence electrons. The molecule has 4 heteroatoms. The predicted molar refractivity (Wildman–Crippen MR) is 70.3 cm³/mol. The molecule has 4 nitrogen and oxygen atoms in total. The van der Waals surface area contributed by atoms with Crippen LogP contribution >= 0.6 is 0 Å². The fraction of sp³-hybridized carbons (Fsp3) is 0.133. The number of rotatable bonds is 2. The number of carbonyl (C=O) groups is 1. The third-order valence-corrected chi connectivity index (χ3v) is 3.33. The van der Waals surface area contributed by atoms with E-state index in [1.807, 2.05) is 30.3 Å². The summed E-state index contributed by atoms with van der Waals surface area (Å²) in [6.45, 7) is 0. The second-order valence-corrected chi connectivity index (χ2v) is 4.53. The summed E-state index contributed by atoms with van der Waals surface area (Å²) in [6.07, 6.45) is 0.642. The average molecular weight is 255 g/mol. The zero-order chi connectivity index (χ0) is 13.4. The van der Waals surface area contributed by atoms with E-state index < -0.39 is 12.0 Å². The van der Waals surface area contributed by atoms with Gasteiger partial charge in [-0.15, -0.1) is 0 Å². The minimum Gasteiger partial charge on any atom is -0.480 e. The quantitative estimate of drug-likeness (QED) is 0.737. The third-order valence-electron chi connectivity index (χ3n) is 3.33. The van der Waals surface area contributed by atoms with Crippen LogP contribution in [0.2, 0.25) is 0 Å². The van der Waals surface area contributed by atoms with E-state index >= 15 is 0 Å². The summed E-state index contributed by atoms with van der Waals surface area (Å²) in [5, 5.41) is 9.07. The van der Waals surface area contributed by atoms with Crippen molar-refractivity contribution in [1.82, 2.24) is 0 Å². The van der Waals surface area contributed by atoms with Gasteiger partial charge in [0.05, 0.1) is 0 Å². The summed E-state index contributed by atoms with van der Waals surface area (Å²) >= 11 is 0. The van der Waals surface area contributed by atoms with Crippen molar-refractivity contribution in [2.45, 2.75) is 12.5 Å². The summed E-state index contributed by atoms with van der Waals surface area (Å²) in [7, 11) is 0. The maximum absolute atomic E-state index is 11.1. The Morgan fingerprint density at radius 1 is 1.16 bits per heavy atom. The smallest absolute Gasteiger partial charge is 0.325 e. The van der Waals surface area contributed by atoms with E-state index in [-0.39, 0.29) is 0 Å². The number of para-hydroxylation sites is 1. The zero-order valence-electron chi connectivity index (χ0n) is 10.2. The van der Waals surface area contributed by atoms with Crippen molar-refractivity contribution in [3.05, 3.63) is 59.2 Å². The van der Waals surface area contributed by atoms with Gasteiger partial charge in [-0.1, -0.05) is 30.3 Å². The van der Waals surface area contributed by atoms with Crippen molar-refractivity contribution in [2.24, 2.45) is 5.73 Å². The Kier molecular flexibility index (Phi) is 2.72.